The van der Waals surface area contributed by atoms with Gasteiger partial charge in [0.25, 0.3) is 0 Å². The highest BCUT2D eigenvalue weighted by atomic mass is 16.5. The van der Waals surface area contributed by atoms with Gasteiger partial charge in [0.05, 0.1) is 12.2 Å². The van der Waals surface area contributed by atoms with E-state index in [4.69, 9.17) is 4.74 Å². The van der Waals surface area contributed by atoms with Crippen LogP contribution in [-0.2, 0) is 4.74 Å². The van der Waals surface area contributed by atoms with Gasteiger partial charge in [-0.25, -0.2) is 0 Å². The van der Waals surface area contributed by atoms with Gasteiger partial charge in [0.15, 0.2) is 0 Å². The lowest BCUT2D eigenvalue weighted by atomic mass is 10.1. The number of rotatable bonds is 8. The highest BCUT2D eigenvalue weighted by molar-refractivity contribution is 4.57. The van der Waals surface area contributed by atoms with Crippen molar-refractivity contribution in [3.63, 3.8) is 0 Å². The lowest BCUT2D eigenvalue weighted by molar-refractivity contribution is 0.0000643. The summed E-state index contributed by atoms with van der Waals surface area (Å²) < 4.78 is 5.78. The number of ether oxygens (including phenoxy) is 1. The number of hydrogen-bond donors (Lipinski definition) is 0. The fourth-order valence-corrected chi connectivity index (χ4v) is 1.55. The molecule has 80 valence electrons. The fourth-order valence-electron chi connectivity index (χ4n) is 1.55. The van der Waals surface area contributed by atoms with Crippen molar-refractivity contribution in [2.24, 2.45) is 0 Å². The van der Waals surface area contributed by atoms with Gasteiger partial charge in [-0.3, -0.25) is 0 Å². The average molecular weight is 186 g/mol. The Morgan fingerprint density at radius 3 is 2.15 bits per heavy atom. The molecule has 0 aromatic heterocycles. The second kappa shape index (κ2) is 8.55. The third kappa shape index (κ3) is 8.29. The standard InChI is InChI=1S/C12H26O/c1-5-7-8-9-10-12(6-2)13-11(3)4/h11-12H,5-10H2,1-4H3. The molecular formula is C12H26O. The third-order valence-electron chi connectivity index (χ3n) is 2.30. The molecular weight excluding hydrogens is 160 g/mol. The van der Waals surface area contributed by atoms with Gasteiger partial charge in [0.2, 0.25) is 0 Å². The van der Waals surface area contributed by atoms with Gasteiger partial charge in [-0.1, -0.05) is 39.5 Å². The van der Waals surface area contributed by atoms with Crippen LogP contribution in [0.4, 0.5) is 0 Å². The van der Waals surface area contributed by atoms with E-state index in [-0.39, 0.29) is 0 Å². The van der Waals surface area contributed by atoms with Crippen molar-refractivity contribution in [3.8, 4) is 0 Å². The molecule has 0 rings (SSSR count). The van der Waals surface area contributed by atoms with E-state index in [2.05, 4.69) is 27.7 Å². The van der Waals surface area contributed by atoms with Crippen LogP contribution in [0.5, 0.6) is 0 Å². The van der Waals surface area contributed by atoms with Crippen LogP contribution in [0.3, 0.4) is 0 Å². The monoisotopic (exact) mass is 186 g/mol. The molecule has 0 saturated carbocycles. The van der Waals surface area contributed by atoms with Crippen LogP contribution in [0.1, 0.15) is 66.2 Å². The van der Waals surface area contributed by atoms with Gasteiger partial charge < -0.3 is 4.74 Å². The van der Waals surface area contributed by atoms with Crippen molar-refractivity contribution < 1.29 is 4.74 Å². The maximum atomic E-state index is 5.78. The molecule has 0 saturated heterocycles. The van der Waals surface area contributed by atoms with Gasteiger partial charge in [-0.15, -0.1) is 0 Å². The van der Waals surface area contributed by atoms with Crippen molar-refractivity contribution in [3.05, 3.63) is 0 Å². The highest BCUT2D eigenvalue weighted by Crippen LogP contribution is 2.12. The van der Waals surface area contributed by atoms with E-state index in [1.54, 1.807) is 0 Å². The fraction of sp³-hybridized carbons (Fsp3) is 1.00. The van der Waals surface area contributed by atoms with Crippen molar-refractivity contribution in [1.29, 1.82) is 0 Å². The van der Waals surface area contributed by atoms with Gasteiger partial charge >= 0.3 is 0 Å². The Labute approximate surface area is 83.9 Å². The first-order valence-corrected chi connectivity index (χ1v) is 5.86. The summed E-state index contributed by atoms with van der Waals surface area (Å²) in [5.41, 5.74) is 0. The largest absolute Gasteiger partial charge is 0.376 e. The van der Waals surface area contributed by atoms with E-state index in [0.29, 0.717) is 12.2 Å². The minimum atomic E-state index is 0.385. The Kier molecular flexibility index (Phi) is 8.53. The van der Waals surface area contributed by atoms with Crippen molar-refractivity contribution >= 4 is 0 Å². The molecule has 0 radical (unpaired) electrons. The lowest BCUT2D eigenvalue weighted by Crippen LogP contribution is -2.16. The summed E-state index contributed by atoms with van der Waals surface area (Å²) in [7, 11) is 0. The van der Waals surface area contributed by atoms with E-state index in [1.165, 1.54) is 32.1 Å². The SMILES string of the molecule is CCCCCCC(CC)OC(C)C. The van der Waals surface area contributed by atoms with Gasteiger partial charge in [-0.2, -0.15) is 0 Å². The molecule has 1 atom stereocenters. The molecule has 0 aromatic rings. The van der Waals surface area contributed by atoms with Crippen LogP contribution in [0.2, 0.25) is 0 Å². The molecule has 0 aromatic carbocycles. The Bertz CT molecular complexity index is 99.3. The van der Waals surface area contributed by atoms with Crippen molar-refractivity contribution in [2.75, 3.05) is 0 Å². The van der Waals surface area contributed by atoms with Crippen molar-refractivity contribution in [2.45, 2.75) is 78.4 Å². The number of hydrogen-bond acceptors (Lipinski definition) is 1. The predicted molar refractivity (Wildman–Crippen MR) is 59.1 cm³/mol. The normalized spacial score (nSPS) is 13.6. The van der Waals surface area contributed by atoms with E-state index >= 15 is 0 Å². The molecule has 0 N–H and O–H groups in total. The summed E-state index contributed by atoms with van der Waals surface area (Å²) in [6, 6.07) is 0. The quantitative estimate of drug-likeness (QED) is 0.517. The third-order valence-corrected chi connectivity index (χ3v) is 2.30. The molecule has 0 heterocycles. The summed E-state index contributed by atoms with van der Waals surface area (Å²) in [5, 5.41) is 0. The summed E-state index contributed by atoms with van der Waals surface area (Å²) in [4.78, 5) is 0. The Morgan fingerprint density at radius 1 is 1.00 bits per heavy atom. The molecule has 0 bridgehead atoms. The van der Waals surface area contributed by atoms with E-state index in [1.807, 2.05) is 0 Å². The summed E-state index contributed by atoms with van der Waals surface area (Å²) in [6.45, 7) is 8.71. The summed E-state index contributed by atoms with van der Waals surface area (Å²) in [5.74, 6) is 0. The second-order valence-corrected chi connectivity index (χ2v) is 4.06. The van der Waals surface area contributed by atoms with Crippen LogP contribution >= 0.6 is 0 Å². The maximum absolute atomic E-state index is 5.78. The zero-order valence-electron chi connectivity index (χ0n) is 9.81. The molecule has 1 heteroatoms. The minimum absolute atomic E-state index is 0.385. The molecule has 1 unspecified atom stereocenters. The van der Waals surface area contributed by atoms with E-state index in [0.717, 1.165) is 6.42 Å². The zero-order chi connectivity index (χ0) is 10.1. The Hall–Kier alpha value is -0.0400. The van der Waals surface area contributed by atoms with Gasteiger partial charge in [-0.05, 0) is 26.7 Å². The topological polar surface area (TPSA) is 9.23 Å². The van der Waals surface area contributed by atoms with Crippen LogP contribution < -0.4 is 0 Å². The summed E-state index contributed by atoms with van der Waals surface area (Å²) >= 11 is 0. The van der Waals surface area contributed by atoms with E-state index < -0.39 is 0 Å². The molecule has 0 aliphatic carbocycles. The Morgan fingerprint density at radius 2 is 1.69 bits per heavy atom. The molecule has 0 aliphatic heterocycles. The van der Waals surface area contributed by atoms with Gasteiger partial charge in [0.1, 0.15) is 0 Å². The lowest BCUT2D eigenvalue weighted by Gasteiger charge is -2.18. The maximum Gasteiger partial charge on any atom is 0.0576 e. The van der Waals surface area contributed by atoms with Crippen LogP contribution in [0, 0.1) is 0 Å². The number of unbranched alkanes of at least 4 members (excludes halogenated alkanes) is 3. The van der Waals surface area contributed by atoms with Crippen LogP contribution in [0.25, 0.3) is 0 Å². The molecule has 0 fully saturated rings. The highest BCUT2D eigenvalue weighted by Gasteiger charge is 2.07. The molecule has 0 amide bonds. The first-order valence-electron chi connectivity index (χ1n) is 5.86. The van der Waals surface area contributed by atoms with Gasteiger partial charge in [0, 0.05) is 0 Å². The first-order chi connectivity index (χ1) is 6.20. The smallest absolute Gasteiger partial charge is 0.0576 e. The summed E-state index contributed by atoms with van der Waals surface area (Å²) in [6.07, 6.45) is 8.68. The molecule has 0 spiro atoms. The molecule has 13 heavy (non-hydrogen) atoms. The van der Waals surface area contributed by atoms with E-state index in [9.17, 15) is 0 Å². The second-order valence-electron chi connectivity index (χ2n) is 4.06. The first kappa shape index (κ1) is 13.0. The molecule has 0 aliphatic rings. The van der Waals surface area contributed by atoms with Crippen LogP contribution in [0.15, 0.2) is 0 Å². The average Bonchev–Trinajstić information content (AvgIpc) is 2.09. The van der Waals surface area contributed by atoms with Crippen LogP contribution in [-0.4, -0.2) is 12.2 Å². The molecule has 1 nitrogen and oxygen atoms in total. The van der Waals surface area contributed by atoms with Crippen molar-refractivity contribution in [1.82, 2.24) is 0 Å². The zero-order valence-corrected chi connectivity index (χ0v) is 9.81. The Balaban J connectivity index is 3.36. The minimum Gasteiger partial charge on any atom is -0.376 e. The predicted octanol–water partition coefficient (Wildman–Crippen LogP) is 4.16.